The molecule has 1 aliphatic rings. The summed E-state index contributed by atoms with van der Waals surface area (Å²) in [5.74, 6) is 0.414. The molecule has 0 N–H and O–H groups in total. The van der Waals surface area contributed by atoms with Crippen molar-refractivity contribution in [1.29, 1.82) is 0 Å². The fourth-order valence-electron chi connectivity index (χ4n) is 2.80. The van der Waals surface area contributed by atoms with Gasteiger partial charge in [0.25, 0.3) is 5.91 Å². The van der Waals surface area contributed by atoms with Gasteiger partial charge >= 0.3 is 0 Å². The van der Waals surface area contributed by atoms with Crippen molar-refractivity contribution >= 4 is 5.91 Å². The van der Waals surface area contributed by atoms with Crippen LogP contribution in [-0.2, 0) is 9.53 Å². The Bertz CT molecular complexity index is 740. The molecule has 1 aliphatic heterocycles. The van der Waals surface area contributed by atoms with Crippen LogP contribution in [0.15, 0.2) is 60.6 Å². The third-order valence-corrected chi connectivity index (χ3v) is 4.43. The van der Waals surface area contributed by atoms with Gasteiger partial charge < -0.3 is 9.64 Å². The van der Waals surface area contributed by atoms with Crippen LogP contribution in [-0.4, -0.2) is 29.4 Å². The molecule has 4 heteroatoms. The number of carbonyl (C=O) groups excluding carboxylic acids is 1. The predicted molar refractivity (Wildman–Crippen MR) is 94.1 cm³/mol. The Morgan fingerprint density at radius 3 is 2.71 bits per heavy atom. The van der Waals surface area contributed by atoms with Crippen LogP contribution in [0.5, 0.6) is 0 Å². The molecule has 2 aromatic rings. The van der Waals surface area contributed by atoms with Gasteiger partial charge in [-0.15, -0.1) is 0 Å². The maximum Gasteiger partial charge on any atom is 0.288 e. The van der Waals surface area contributed by atoms with Crippen molar-refractivity contribution in [2.24, 2.45) is 0 Å². The number of aromatic nitrogens is 1. The summed E-state index contributed by atoms with van der Waals surface area (Å²) in [5, 5.41) is 0. The van der Waals surface area contributed by atoms with Gasteiger partial charge in [-0.3, -0.25) is 9.78 Å². The lowest BCUT2D eigenvalue weighted by Gasteiger charge is -2.27. The largest absolute Gasteiger partial charge is 0.488 e. The van der Waals surface area contributed by atoms with Crippen LogP contribution >= 0.6 is 0 Å². The minimum atomic E-state index is -0.0588. The smallest absolute Gasteiger partial charge is 0.288 e. The van der Waals surface area contributed by atoms with Gasteiger partial charge in [0.15, 0.2) is 5.76 Å². The second kappa shape index (κ2) is 7.30. The van der Waals surface area contributed by atoms with Crippen molar-refractivity contribution < 1.29 is 9.53 Å². The van der Waals surface area contributed by atoms with Crippen LogP contribution in [0.2, 0.25) is 0 Å². The summed E-state index contributed by atoms with van der Waals surface area (Å²) in [7, 11) is 1.82. The summed E-state index contributed by atoms with van der Waals surface area (Å²) in [6.07, 6.45) is 7.34. The molecule has 0 spiro atoms. The topological polar surface area (TPSA) is 42.4 Å². The van der Waals surface area contributed by atoms with Crippen molar-refractivity contribution in [2.45, 2.75) is 25.8 Å². The number of allylic oxidation sites excluding steroid dienone is 1. The van der Waals surface area contributed by atoms with E-state index in [4.69, 9.17) is 4.74 Å². The molecule has 0 radical (unpaired) electrons. The highest BCUT2D eigenvalue weighted by atomic mass is 16.5. The highest BCUT2D eigenvalue weighted by Crippen LogP contribution is 2.26. The lowest BCUT2D eigenvalue weighted by atomic mass is 10.00. The molecule has 0 aliphatic carbocycles. The van der Waals surface area contributed by atoms with Crippen LogP contribution in [0.1, 0.15) is 31.4 Å². The molecule has 0 saturated heterocycles. The van der Waals surface area contributed by atoms with Crippen LogP contribution < -0.4 is 0 Å². The lowest BCUT2D eigenvalue weighted by Crippen LogP contribution is -2.32. The van der Waals surface area contributed by atoms with E-state index in [-0.39, 0.29) is 11.9 Å². The summed E-state index contributed by atoms with van der Waals surface area (Å²) in [4.78, 5) is 18.4. The van der Waals surface area contributed by atoms with E-state index in [0.29, 0.717) is 12.4 Å². The predicted octanol–water partition coefficient (Wildman–Crippen LogP) is 3.96. The molecule has 1 amide bonds. The molecule has 1 aromatic heterocycles. The van der Waals surface area contributed by atoms with E-state index in [9.17, 15) is 4.79 Å². The van der Waals surface area contributed by atoms with Gasteiger partial charge in [-0.2, -0.15) is 0 Å². The van der Waals surface area contributed by atoms with Gasteiger partial charge in [0.05, 0.1) is 12.6 Å². The van der Waals surface area contributed by atoms with Gasteiger partial charge in [0.1, 0.15) is 0 Å². The van der Waals surface area contributed by atoms with E-state index < -0.39 is 0 Å². The van der Waals surface area contributed by atoms with Crippen molar-refractivity contribution in [3.63, 3.8) is 0 Å². The van der Waals surface area contributed by atoms with Gasteiger partial charge in [-0.05, 0) is 60.7 Å². The zero-order chi connectivity index (χ0) is 16.9. The number of amides is 1. The third-order valence-electron chi connectivity index (χ3n) is 4.43. The standard InChI is InChI=1S/C20H22N2O2/c1-15(22(2)20(23)19-8-3-4-13-24-19)17-6-5-7-18(14-17)16-9-11-21-12-10-16/h5-12,14-15H,3-4,13H2,1-2H3/t15-/m1/s1. The van der Waals surface area contributed by atoms with Crippen molar-refractivity contribution in [1.82, 2.24) is 9.88 Å². The number of pyridine rings is 1. The zero-order valence-electron chi connectivity index (χ0n) is 14.1. The summed E-state index contributed by atoms with van der Waals surface area (Å²) in [5.41, 5.74) is 3.33. The van der Waals surface area contributed by atoms with Crippen LogP contribution in [0.3, 0.4) is 0 Å². The lowest BCUT2D eigenvalue weighted by molar-refractivity contribution is -0.131. The number of rotatable bonds is 4. The average Bonchev–Trinajstić information content (AvgIpc) is 2.67. The molecule has 0 fully saturated rings. The summed E-state index contributed by atoms with van der Waals surface area (Å²) >= 11 is 0. The Hall–Kier alpha value is -2.62. The molecule has 2 heterocycles. The normalized spacial score (nSPS) is 15.2. The molecule has 0 bridgehead atoms. The Morgan fingerprint density at radius 1 is 1.21 bits per heavy atom. The number of ether oxygens (including phenoxy) is 1. The van der Waals surface area contributed by atoms with Crippen LogP contribution in [0, 0.1) is 0 Å². The van der Waals surface area contributed by atoms with Gasteiger partial charge in [0.2, 0.25) is 0 Å². The first-order valence-electron chi connectivity index (χ1n) is 8.27. The number of likely N-dealkylation sites (N-methyl/N-ethyl adjacent to an activating group) is 1. The maximum absolute atomic E-state index is 12.6. The first-order valence-corrected chi connectivity index (χ1v) is 8.27. The summed E-state index contributed by atoms with van der Waals surface area (Å²) < 4.78 is 5.50. The quantitative estimate of drug-likeness (QED) is 0.855. The SMILES string of the molecule is C[C@H](c1cccc(-c2ccncc2)c1)N(C)C(=O)C1=CCCCO1. The fourth-order valence-corrected chi connectivity index (χ4v) is 2.80. The molecule has 124 valence electrons. The van der Waals surface area contributed by atoms with E-state index in [0.717, 1.165) is 29.5 Å². The molecule has 0 unspecified atom stereocenters. The highest BCUT2D eigenvalue weighted by Gasteiger charge is 2.23. The molecule has 24 heavy (non-hydrogen) atoms. The van der Waals surface area contributed by atoms with E-state index in [1.165, 1.54) is 0 Å². The van der Waals surface area contributed by atoms with E-state index in [1.807, 2.05) is 38.2 Å². The van der Waals surface area contributed by atoms with Crippen molar-refractivity contribution in [3.8, 4) is 11.1 Å². The number of carbonyl (C=O) groups is 1. The van der Waals surface area contributed by atoms with Gasteiger partial charge in [-0.1, -0.05) is 18.2 Å². The number of benzene rings is 1. The second-order valence-electron chi connectivity index (χ2n) is 6.01. The number of hydrogen-bond acceptors (Lipinski definition) is 3. The average molecular weight is 322 g/mol. The van der Waals surface area contributed by atoms with Crippen molar-refractivity contribution in [3.05, 3.63) is 66.2 Å². The maximum atomic E-state index is 12.6. The molecule has 3 rings (SSSR count). The van der Waals surface area contributed by atoms with Crippen LogP contribution in [0.25, 0.3) is 11.1 Å². The summed E-state index contributed by atoms with van der Waals surface area (Å²) in [6, 6.07) is 12.2. The Balaban J connectivity index is 1.80. The Kier molecular flexibility index (Phi) is 4.94. The molecular weight excluding hydrogens is 300 g/mol. The molecular formula is C20H22N2O2. The third kappa shape index (κ3) is 3.48. The van der Waals surface area contributed by atoms with E-state index in [2.05, 4.69) is 23.2 Å². The molecule has 4 nitrogen and oxygen atoms in total. The first kappa shape index (κ1) is 16.2. The highest BCUT2D eigenvalue weighted by molar-refractivity contribution is 5.91. The Labute approximate surface area is 142 Å². The minimum Gasteiger partial charge on any atom is -0.488 e. The fraction of sp³-hybridized carbons (Fsp3) is 0.300. The van der Waals surface area contributed by atoms with E-state index in [1.54, 1.807) is 17.3 Å². The minimum absolute atomic E-state index is 0.0364. The van der Waals surface area contributed by atoms with Gasteiger partial charge in [0, 0.05) is 19.4 Å². The summed E-state index contributed by atoms with van der Waals surface area (Å²) in [6.45, 7) is 2.66. The zero-order valence-corrected chi connectivity index (χ0v) is 14.1. The monoisotopic (exact) mass is 322 g/mol. The van der Waals surface area contributed by atoms with Crippen LogP contribution in [0.4, 0.5) is 0 Å². The number of hydrogen-bond donors (Lipinski definition) is 0. The molecule has 1 atom stereocenters. The second-order valence-corrected chi connectivity index (χ2v) is 6.01. The Morgan fingerprint density at radius 2 is 2.00 bits per heavy atom. The van der Waals surface area contributed by atoms with Gasteiger partial charge in [-0.25, -0.2) is 0 Å². The van der Waals surface area contributed by atoms with E-state index >= 15 is 0 Å². The molecule has 1 aromatic carbocycles. The van der Waals surface area contributed by atoms with Crippen molar-refractivity contribution in [2.75, 3.05) is 13.7 Å². The molecule has 0 saturated carbocycles. The first-order chi connectivity index (χ1) is 11.7. The number of nitrogens with zero attached hydrogens (tertiary/aromatic N) is 2.